The molecule has 1 amide bonds. The first kappa shape index (κ1) is 34.4. The molecule has 0 spiro atoms. The van der Waals surface area contributed by atoms with E-state index in [4.69, 9.17) is 9.90 Å². The molecule has 3 fully saturated rings. The lowest BCUT2D eigenvalue weighted by molar-refractivity contribution is -0.141. The highest BCUT2D eigenvalue weighted by Gasteiger charge is 2.60. The number of alkyl halides is 6. The summed E-state index contributed by atoms with van der Waals surface area (Å²) in [5.41, 5.74) is -3.06. The minimum Gasteiger partial charge on any atom is -0.483 e. The summed E-state index contributed by atoms with van der Waals surface area (Å²) in [6, 6.07) is 1.12. The van der Waals surface area contributed by atoms with Gasteiger partial charge in [0, 0.05) is 36.1 Å². The molecule has 5 rings (SSSR count). The number of ketones is 1. The highest BCUT2D eigenvalue weighted by atomic mass is 19.4. The average molecular weight is 619 g/mol. The van der Waals surface area contributed by atoms with Gasteiger partial charge in [0.25, 0.3) is 6.47 Å². The summed E-state index contributed by atoms with van der Waals surface area (Å²) >= 11 is 0. The number of hydrogen-bond donors (Lipinski definition) is 3. The van der Waals surface area contributed by atoms with Crippen LogP contribution in [0.5, 0.6) is 0 Å². The number of fused-ring (bicyclic) bond motifs is 5. The van der Waals surface area contributed by atoms with E-state index in [9.17, 15) is 35.9 Å². The van der Waals surface area contributed by atoms with E-state index in [-0.39, 0.29) is 29.5 Å². The van der Waals surface area contributed by atoms with Gasteiger partial charge in [-0.1, -0.05) is 34.1 Å². The lowest BCUT2D eigenvalue weighted by Gasteiger charge is -2.58. The average Bonchev–Trinajstić information content (AvgIpc) is 3.26. The van der Waals surface area contributed by atoms with E-state index in [1.54, 1.807) is 6.08 Å². The van der Waals surface area contributed by atoms with E-state index in [1.165, 1.54) is 6.42 Å². The van der Waals surface area contributed by atoms with Gasteiger partial charge in [-0.05, 0) is 73.5 Å². The summed E-state index contributed by atoms with van der Waals surface area (Å²) in [6.45, 7) is 8.85. The predicted molar refractivity (Wildman–Crippen MR) is 149 cm³/mol. The van der Waals surface area contributed by atoms with Crippen molar-refractivity contribution >= 4 is 23.9 Å². The van der Waals surface area contributed by atoms with Crippen LogP contribution in [0.2, 0.25) is 0 Å². The summed E-state index contributed by atoms with van der Waals surface area (Å²) < 4.78 is 80.4. The Bertz CT molecular complexity index is 1230. The maximum atomic E-state index is 13.6. The topological polar surface area (TPSA) is 95.5 Å². The van der Waals surface area contributed by atoms with Crippen molar-refractivity contribution in [2.24, 2.45) is 34.5 Å². The number of rotatable bonds is 2. The number of allylic oxidation sites excluding steroid dienone is 2. The van der Waals surface area contributed by atoms with E-state index in [0.717, 1.165) is 25.0 Å². The van der Waals surface area contributed by atoms with Crippen molar-refractivity contribution in [1.82, 2.24) is 5.32 Å². The third-order valence-electron chi connectivity index (χ3n) is 9.82. The number of carbonyl (C=O) groups excluding carboxylic acids is 2. The van der Waals surface area contributed by atoms with Crippen LogP contribution < -0.4 is 10.6 Å². The molecule has 6 nitrogen and oxygen atoms in total. The van der Waals surface area contributed by atoms with Gasteiger partial charge in [0.05, 0.1) is 16.8 Å². The summed E-state index contributed by atoms with van der Waals surface area (Å²) in [5.74, 6) is -0.433. The normalized spacial score (nSPS) is 31.3. The van der Waals surface area contributed by atoms with Crippen molar-refractivity contribution in [1.29, 1.82) is 0 Å². The molecule has 0 bridgehead atoms. The summed E-state index contributed by atoms with van der Waals surface area (Å²) in [5, 5.41) is 12.6. The summed E-state index contributed by atoms with van der Waals surface area (Å²) in [4.78, 5) is 33.7. The molecule has 12 heteroatoms. The van der Waals surface area contributed by atoms with Crippen LogP contribution in [0.3, 0.4) is 0 Å². The molecule has 43 heavy (non-hydrogen) atoms. The molecule has 6 atom stereocenters. The van der Waals surface area contributed by atoms with Crippen LogP contribution in [0.25, 0.3) is 0 Å². The van der Waals surface area contributed by atoms with Crippen LogP contribution in [0.4, 0.5) is 32.0 Å². The molecule has 1 heterocycles. The van der Waals surface area contributed by atoms with Crippen LogP contribution in [0, 0.1) is 34.5 Å². The van der Waals surface area contributed by atoms with Crippen LogP contribution in [-0.2, 0) is 26.7 Å². The highest BCUT2D eigenvalue weighted by Crippen LogP contribution is 2.64. The second kappa shape index (κ2) is 12.9. The maximum absolute atomic E-state index is 13.6. The second-order valence-electron chi connectivity index (χ2n) is 12.4. The van der Waals surface area contributed by atoms with Crippen LogP contribution >= 0.6 is 0 Å². The first-order chi connectivity index (χ1) is 20.0. The number of nitrogens with one attached hydrogen (secondary N) is 2. The molecule has 0 radical (unpaired) electrons. The Morgan fingerprint density at radius 3 is 2.26 bits per heavy atom. The highest BCUT2D eigenvalue weighted by molar-refractivity contribution is 5.94. The fourth-order valence-electron chi connectivity index (χ4n) is 7.87. The van der Waals surface area contributed by atoms with Crippen molar-refractivity contribution in [2.75, 3.05) is 11.9 Å². The summed E-state index contributed by atoms with van der Waals surface area (Å²) in [7, 11) is 0. The molecule has 4 aliphatic rings. The van der Waals surface area contributed by atoms with Gasteiger partial charge in [0.1, 0.15) is 0 Å². The van der Waals surface area contributed by atoms with Gasteiger partial charge in [0.15, 0.2) is 5.78 Å². The fraction of sp³-hybridized carbons (Fsp3) is 0.645. The molecular formula is C31H40F6N2O4. The van der Waals surface area contributed by atoms with Gasteiger partial charge in [-0.2, -0.15) is 26.3 Å². The minimum atomic E-state index is -4.91. The van der Waals surface area contributed by atoms with E-state index >= 15 is 0 Å². The molecule has 1 aromatic carbocycles. The standard InChI is InChI=1S/C27H30F6N2O2.C3H8.CH2O2/c1-24-10-8-18-16(13-34-22-12-15(36)7-9-25(18,22)2)17(24)5-6-20(24)23(37)35-21-11-14(26(28,29)30)3-4-19(21)27(31,32)33;1-3-2;2-1-3/h3-4,11-12,16-18,20,34H,5-10,13H2,1-2H3,(H,35,37);3H2,1-2H3;1H,(H,2,3). The van der Waals surface area contributed by atoms with E-state index in [1.807, 2.05) is 6.92 Å². The predicted octanol–water partition coefficient (Wildman–Crippen LogP) is 7.69. The molecular weight excluding hydrogens is 578 g/mol. The van der Waals surface area contributed by atoms with Crippen molar-refractivity contribution in [3.05, 3.63) is 41.1 Å². The second-order valence-corrected chi connectivity index (χ2v) is 12.4. The van der Waals surface area contributed by atoms with Crippen molar-refractivity contribution in [2.45, 2.75) is 85.0 Å². The van der Waals surface area contributed by atoms with Gasteiger partial charge in [-0.3, -0.25) is 14.4 Å². The van der Waals surface area contributed by atoms with Crippen molar-refractivity contribution < 1.29 is 45.8 Å². The van der Waals surface area contributed by atoms with Gasteiger partial charge in [0.2, 0.25) is 5.91 Å². The molecule has 1 aromatic rings. The number of piperidine rings is 1. The molecule has 3 aliphatic carbocycles. The first-order valence-electron chi connectivity index (χ1n) is 14.6. The van der Waals surface area contributed by atoms with E-state index < -0.39 is 46.4 Å². The first-order valence-corrected chi connectivity index (χ1v) is 14.6. The Hall–Kier alpha value is -3.05. The van der Waals surface area contributed by atoms with Gasteiger partial charge >= 0.3 is 12.4 Å². The Kier molecular flexibility index (Phi) is 10.3. The molecule has 1 saturated heterocycles. The van der Waals surface area contributed by atoms with Gasteiger partial charge in [-0.25, -0.2) is 0 Å². The SMILES string of the molecule is CC12CCC(=O)C=C1NCC1C2CCC2(C)C(C(=O)Nc3cc(C(F)(F)F)ccc3C(F)(F)F)CCC12.CCC.O=CO. The van der Waals surface area contributed by atoms with Crippen LogP contribution in [0.1, 0.15) is 83.8 Å². The zero-order chi connectivity index (χ0) is 32.4. The van der Waals surface area contributed by atoms with Gasteiger partial charge in [-0.15, -0.1) is 0 Å². The fourth-order valence-corrected chi connectivity index (χ4v) is 7.87. The molecule has 6 unspecified atom stereocenters. The summed E-state index contributed by atoms with van der Waals surface area (Å²) in [6.07, 6.45) is -2.83. The zero-order valence-electron chi connectivity index (χ0n) is 24.8. The van der Waals surface area contributed by atoms with Crippen molar-refractivity contribution in [3.8, 4) is 0 Å². The minimum absolute atomic E-state index is 0.115. The molecule has 1 aliphatic heterocycles. The Morgan fingerprint density at radius 1 is 1.05 bits per heavy atom. The van der Waals surface area contributed by atoms with Gasteiger partial charge < -0.3 is 15.7 Å². The monoisotopic (exact) mass is 618 g/mol. The molecule has 2 saturated carbocycles. The third kappa shape index (κ3) is 6.87. The molecule has 240 valence electrons. The smallest absolute Gasteiger partial charge is 0.418 e. The largest absolute Gasteiger partial charge is 0.483 e. The number of anilines is 1. The van der Waals surface area contributed by atoms with Crippen LogP contribution in [0.15, 0.2) is 30.0 Å². The Labute approximate surface area is 247 Å². The van der Waals surface area contributed by atoms with Crippen LogP contribution in [-0.4, -0.2) is 29.8 Å². The lowest BCUT2D eigenvalue weighted by Crippen LogP contribution is -2.57. The number of hydrogen-bond acceptors (Lipinski definition) is 4. The Morgan fingerprint density at radius 2 is 1.67 bits per heavy atom. The molecule has 0 aromatic heterocycles. The van der Waals surface area contributed by atoms with Crippen molar-refractivity contribution in [3.63, 3.8) is 0 Å². The lowest BCUT2D eigenvalue weighted by atomic mass is 9.50. The number of halogens is 6. The zero-order valence-corrected chi connectivity index (χ0v) is 24.8. The number of benzene rings is 1. The number of carboxylic acid groups (broad SMARTS) is 1. The Balaban J connectivity index is 0.000000780. The molecule has 3 N–H and O–H groups in total. The van der Waals surface area contributed by atoms with E-state index in [0.29, 0.717) is 49.9 Å². The third-order valence-corrected chi connectivity index (χ3v) is 9.82. The maximum Gasteiger partial charge on any atom is 0.418 e. The number of amides is 1. The number of carbonyl (C=O) groups is 3. The quantitative estimate of drug-likeness (QED) is 0.233. The van der Waals surface area contributed by atoms with E-state index in [2.05, 4.69) is 31.4 Å².